The number of nitro groups is 1. The van der Waals surface area contributed by atoms with Crippen LogP contribution in [0.2, 0.25) is 0 Å². The third-order valence-corrected chi connectivity index (χ3v) is 5.55. The number of hydrazone groups is 1. The van der Waals surface area contributed by atoms with Crippen molar-refractivity contribution in [3.05, 3.63) is 67.8 Å². The van der Waals surface area contributed by atoms with Crippen LogP contribution in [0.1, 0.15) is 50.7 Å². The number of nitrogens with one attached hydrogen (secondary N) is 2. The third kappa shape index (κ3) is 3.96. The lowest BCUT2D eigenvalue weighted by molar-refractivity contribution is -0.386. The van der Waals surface area contributed by atoms with Crippen LogP contribution in [0.3, 0.4) is 0 Å². The van der Waals surface area contributed by atoms with Crippen molar-refractivity contribution in [1.82, 2.24) is 25.4 Å². The second-order valence-electron chi connectivity index (χ2n) is 7.59. The smallest absolute Gasteiger partial charge is 0.312 e. The third-order valence-electron chi connectivity index (χ3n) is 5.55. The van der Waals surface area contributed by atoms with Gasteiger partial charge in [0.05, 0.1) is 24.8 Å². The van der Waals surface area contributed by atoms with Crippen molar-refractivity contribution in [3.63, 3.8) is 0 Å². The van der Waals surface area contributed by atoms with Gasteiger partial charge in [0.15, 0.2) is 5.69 Å². The zero-order chi connectivity index (χ0) is 22.8. The maximum atomic E-state index is 12.4. The first-order valence-corrected chi connectivity index (χ1v) is 10.1. The molecule has 1 aliphatic carbocycles. The molecule has 166 valence electrons. The Labute approximate surface area is 183 Å². The van der Waals surface area contributed by atoms with Crippen molar-refractivity contribution in [1.29, 1.82) is 0 Å². The van der Waals surface area contributed by atoms with Gasteiger partial charge in [0, 0.05) is 16.8 Å². The number of ether oxygens (including phenoxy) is 1. The molecule has 32 heavy (non-hydrogen) atoms. The molecular weight excluding hydrogens is 414 g/mol. The van der Waals surface area contributed by atoms with E-state index < -0.39 is 4.92 Å². The van der Waals surface area contributed by atoms with E-state index in [9.17, 15) is 14.9 Å². The van der Waals surface area contributed by atoms with Crippen molar-refractivity contribution >= 4 is 17.8 Å². The van der Waals surface area contributed by atoms with E-state index in [1.165, 1.54) is 6.21 Å². The first kappa shape index (κ1) is 21.2. The molecule has 2 N–H and O–H groups in total. The van der Waals surface area contributed by atoms with Gasteiger partial charge in [-0.2, -0.15) is 15.3 Å². The second kappa shape index (κ2) is 8.61. The van der Waals surface area contributed by atoms with E-state index in [1.807, 2.05) is 6.07 Å². The van der Waals surface area contributed by atoms with Crippen LogP contribution in [-0.4, -0.2) is 44.1 Å². The fraction of sp³-hybridized carbons (Fsp3) is 0.333. The van der Waals surface area contributed by atoms with Crippen molar-refractivity contribution in [2.45, 2.75) is 39.7 Å². The van der Waals surface area contributed by atoms with Crippen molar-refractivity contribution in [2.75, 3.05) is 7.11 Å². The molecule has 11 nitrogen and oxygen atoms in total. The predicted molar refractivity (Wildman–Crippen MR) is 116 cm³/mol. The highest BCUT2D eigenvalue weighted by molar-refractivity contribution is 5.94. The van der Waals surface area contributed by atoms with Crippen LogP contribution in [-0.2, 0) is 19.4 Å². The van der Waals surface area contributed by atoms with E-state index in [0.717, 1.165) is 41.6 Å². The highest BCUT2D eigenvalue weighted by atomic mass is 16.6. The number of rotatable bonds is 7. The molecule has 3 aromatic rings. The van der Waals surface area contributed by atoms with E-state index in [4.69, 9.17) is 4.74 Å². The summed E-state index contributed by atoms with van der Waals surface area (Å²) in [5.74, 6) is 0.262. The number of amides is 1. The number of aromatic amines is 1. The Hall–Kier alpha value is -4.02. The topological polar surface area (TPSA) is 140 Å². The number of H-pyrrole nitrogens is 1. The minimum absolute atomic E-state index is 0.00856. The van der Waals surface area contributed by atoms with Gasteiger partial charge in [-0.1, -0.05) is 0 Å². The number of hydrogen-bond acceptors (Lipinski definition) is 7. The molecule has 4 rings (SSSR count). The summed E-state index contributed by atoms with van der Waals surface area (Å²) < 4.78 is 7.01. The summed E-state index contributed by atoms with van der Waals surface area (Å²) in [4.78, 5) is 23.2. The number of methoxy groups -OCH3 is 1. The molecule has 1 amide bonds. The molecule has 11 heteroatoms. The van der Waals surface area contributed by atoms with Crippen molar-refractivity contribution in [3.8, 4) is 5.75 Å². The van der Waals surface area contributed by atoms with E-state index in [2.05, 4.69) is 25.8 Å². The number of nitrogens with zero attached hydrogens (tertiary/aromatic N) is 5. The molecule has 0 saturated carbocycles. The zero-order valence-electron chi connectivity index (χ0n) is 18.0. The Balaban J connectivity index is 1.51. The number of hydrogen-bond donors (Lipinski definition) is 2. The Morgan fingerprint density at radius 2 is 2.22 bits per heavy atom. The van der Waals surface area contributed by atoms with Crippen LogP contribution in [0.4, 0.5) is 5.69 Å². The average molecular weight is 437 g/mol. The summed E-state index contributed by atoms with van der Waals surface area (Å²) in [5, 5.41) is 26.6. The average Bonchev–Trinajstić information content (AvgIpc) is 3.43. The van der Waals surface area contributed by atoms with Gasteiger partial charge in [-0.3, -0.25) is 24.7 Å². The van der Waals surface area contributed by atoms with Gasteiger partial charge < -0.3 is 4.74 Å². The van der Waals surface area contributed by atoms with Gasteiger partial charge in [-0.05, 0) is 56.9 Å². The van der Waals surface area contributed by atoms with Crippen LogP contribution in [0, 0.1) is 24.0 Å². The molecular formula is C21H23N7O4. The molecule has 0 bridgehead atoms. The van der Waals surface area contributed by atoms with Crippen LogP contribution in [0.25, 0.3) is 0 Å². The molecule has 0 aliphatic heterocycles. The summed E-state index contributed by atoms with van der Waals surface area (Å²) in [6, 6.07) is 5.41. The minimum Gasteiger partial charge on any atom is -0.496 e. The summed E-state index contributed by atoms with van der Waals surface area (Å²) >= 11 is 0. The molecule has 2 heterocycles. The predicted octanol–water partition coefficient (Wildman–Crippen LogP) is 2.44. The zero-order valence-corrected chi connectivity index (χ0v) is 18.0. The fourth-order valence-corrected chi connectivity index (χ4v) is 3.99. The Morgan fingerprint density at radius 3 is 2.94 bits per heavy atom. The lowest BCUT2D eigenvalue weighted by Crippen LogP contribution is -2.19. The molecule has 0 spiro atoms. The summed E-state index contributed by atoms with van der Waals surface area (Å²) in [5.41, 5.74) is 7.21. The van der Waals surface area contributed by atoms with Crippen molar-refractivity contribution < 1.29 is 14.5 Å². The first-order chi connectivity index (χ1) is 15.4. The van der Waals surface area contributed by atoms with E-state index in [-0.39, 0.29) is 18.1 Å². The van der Waals surface area contributed by atoms with Crippen LogP contribution in [0.5, 0.6) is 5.75 Å². The summed E-state index contributed by atoms with van der Waals surface area (Å²) in [7, 11) is 1.55. The van der Waals surface area contributed by atoms with Crippen molar-refractivity contribution in [2.24, 2.45) is 5.10 Å². The van der Waals surface area contributed by atoms with E-state index >= 15 is 0 Å². The molecule has 0 atom stereocenters. The quantitative estimate of drug-likeness (QED) is 0.330. The van der Waals surface area contributed by atoms with E-state index in [0.29, 0.717) is 22.8 Å². The highest BCUT2D eigenvalue weighted by Gasteiger charge is 2.23. The second-order valence-corrected chi connectivity index (χ2v) is 7.59. The summed E-state index contributed by atoms with van der Waals surface area (Å²) in [6.07, 6.45) is 4.29. The number of carbonyl (C=O) groups excluding carboxylic acids is 1. The Kier molecular flexibility index (Phi) is 5.71. The molecule has 0 radical (unpaired) electrons. The van der Waals surface area contributed by atoms with Gasteiger partial charge in [0.25, 0.3) is 5.91 Å². The molecule has 1 aliphatic rings. The number of fused-ring (bicyclic) bond motifs is 1. The molecule has 1 aromatic carbocycles. The maximum Gasteiger partial charge on any atom is 0.312 e. The lowest BCUT2D eigenvalue weighted by Gasteiger charge is -2.10. The van der Waals surface area contributed by atoms with Crippen LogP contribution in [0.15, 0.2) is 23.3 Å². The summed E-state index contributed by atoms with van der Waals surface area (Å²) in [6.45, 7) is 3.56. The number of aromatic nitrogens is 4. The normalized spacial score (nSPS) is 12.8. The molecule has 0 unspecified atom stereocenters. The minimum atomic E-state index is -0.425. The van der Waals surface area contributed by atoms with Gasteiger partial charge >= 0.3 is 5.69 Å². The maximum absolute atomic E-state index is 12.4. The Bertz CT molecular complexity index is 1230. The largest absolute Gasteiger partial charge is 0.496 e. The van der Waals surface area contributed by atoms with Gasteiger partial charge in [-0.15, -0.1) is 0 Å². The number of aryl methyl sites for hydroxylation is 2. The monoisotopic (exact) mass is 437 g/mol. The van der Waals surface area contributed by atoms with Crippen LogP contribution >= 0.6 is 0 Å². The fourth-order valence-electron chi connectivity index (χ4n) is 3.99. The van der Waals surface area contributed by atoms with E-state index in [1.54, 1.807) is 37.8 Å². The SMILES string of the molecule is COc1ccc(/C=N/NC(=O)c2n[nH]c3c2CCC3)cc1Cn1nc(C)c([N+](=O)[O-])c1C. The molecule has 0 fully saturated rings. The van der Waals surface area contributed by atoms with Gasteiger partial charge in [0.2, 0.25) is 0 Å². The number of carbonyl (C=O) groups is 1. The standard InChI is InChI=1S/C21H23N7O4/c1-12-20(28(30)31)13(2)27(26-12)11-15-9-14(7-8-18(15)32-3)10-22-25-21(29)19-16-5-4-6-17(16)23-24-19/h7-10H,4-6,11H2,1-3H3,(H,23,24)(H,25,29)/b22-10+. The van der Waals surface area contributed by atoms with Gasteiger partial charge in [-0.25, -0.2) is 5.43 Å². The number of benzene rings is 1. The molecule has 2 aromatic heterocycles. The lowest BCUT2D eigenvalue weighted by atomic mass is 10.1. The van der Waals surface area contributed by atoms with Crippen LogP contribution < -0.4 is 10.2 Å². The Morgan fingerprint density at radius 1 is 1.41 bits per heavy atom. The molecule has 0 saturated heterocycles. The highest BCUT2D eigenvalue weighted by Crippen LogP contribution is 2.26. The van der Waals surface area contributed by atoms with Gasteiger partial charge in [0.1, 0.15) is 17.1 Å². The first-order valence-electron chi connectivity index (χ1n) is 10.1.